The normalized spacial score (nSPS) is 16.0. The molecule has 1 atom stereocenters. The fourth-order valence-electron chi connectivity index (χ4n) is 3.47. The summed E-state index contributed by atoms with van der Waals surface area (Å²) in [7, 11) is -3.32. The zero-order valence-corrected chi connectivity index (χ0v) is 18.6. The van der Waals surface area contributed by atoms with Crippen LogP contribution in [0.2, 0.25) is 0 Å². The van der Waals surface area contributed by atoms with E-state index in [1.54, 1.807) is 30.3 Å². The molecule has 0 radical (unpaired) electrons. The average molecular weight is 446 g/mol. The fraction of sp³-hybridized carbons (Fsp3) is 0.391. The summed E-state index contributed by atoms with van der Waals surface area (Å²) in [5, 5.41) is 12.1. The Labute approximate surface area is 182 Å². The van der Waals surface area contributed by atoms with Crippen LogP contribution in [-0.4, -0.2) is 37.8 Å². The summed E-state index contributed by atoms with van der Waals surface area (Å²) in [4.78, 5) is 24.3. The molecule has 31 heavy (non-hydrogen) atoms. The summed E-state index contributed by atoms with van der Waals surface area (Å²) in [5.74, 6) is -1.33. The monoisotopic (exact) mass is 445 g/mol. The number of benzene rings is 2. The highest BCUT2D eigenvalue weighted by molar-refractivity contribution is 7.90. The van der Waals surface area contributed by atoms with E-state index in [1.807, 2.05) is 13.8 Å². The van der Waals surface area contributed by atoms with Crippen molar-refractivity contribution < 1.29 is 27.9 Å². The minimum absolute atomic E-state index is 0.0942. The largest absolute Gasteiger partial charge is 0.478 e. The van der Waals surface area contributed by atoms with Crippen molar-refractivity contribution in [1.29, 1.82) is 0 Å². The predicted octanol–water partition coefficient (Wildman–Crippen LogP) is 3.14. The lowest BCUT2D eigenvalue weighted by Crippen LogP contribution is -2.44. The maximum Gasteiger partial charge on any atom is 0.335 e. The molecule has 166 valence electrons. The number of carboxylic acids is 1. The van der Waals surface area contributed by atoms with Crippen molar-refractivity contribution >= 4 is 21.7 Å². The molecule has 0 saturated heterocycles. The molecule has 1 aliphatic rings. The summed E-state index contributed by atoms with van der Waals surface area (Å²) in [6, 6.07) is 13.0. The van der Waals surface area contributed by atoms with Crippen molar-refractivity contribution in [2.24, 2.45) is 5.92 Å². The summed E-state index contributed by atoms with van der Waals surface area (Å²) >= 11 is 0. The lowest BCUT2D eigenvalue weighted by atomic mass is 10.0. The molecule has 0 bridgehead atoms. The third-order valence-corrected chi connectivity index (χ3v) is 6.53. The van der Waals surface area contributed by atoms with Crippen molar-refractivity contribution in [2.45, 2.75) is 49.8 Å². The van der Waals surface area contributed by atoms with Gasteiger partial charge in [-0.05, 0) is 54.2 Å². The highest BCUT2D eigenvalue weighted by Crippen LogP contribution is 2.45. The van der Waals surface area contributed by atoms with E-state index in [4.69, 9.17) is 9.84 Å². The summed E-state index contributed by atoms with van der Waals surface area (Å²) < 4.78 is 29.4. The summed E-state index contributed by atoms with van der Waals surface area (Å²) in [6.07, 6.45) is 1.98. The molecule has 0 aliphatic heterocycles. The topological polar surface area (TPSA) is 110 Å². The highest BCUT2D eigenvalue weighted by atomic mass is 32.2. The van der Waals surface area contributed by atoms with Crippen LogP contribution in [-0.2, 0) is 31.5 Å². The number of amides is 1. The maximum atomic E-state index is 13.0. The Morgan fingerprint density at radius 1 is 1.13 bits per heavy atom. The van der Waals surface area contributed by atoms with Gasteiger partial charge in [-0.2, -0.15) is 0 Å². The number of nitrogens with one attached hydrogen (secondary N) is 1. The highest BCUT2D eigenvalue weighted by Gasteiger charge is 2.46. The average Bonchev–Trinajstić information content (AvgIpc) is 3.48. The number of sulfone groups is 1. The minimum atomic E-state index is -3.32. The van der Waals surface area contributed by atoms with E-state index in [0.717, 1.165) is 24.7 Å². The molecule has 1 aliphatic carbocycles. The number of rotatable bonds is 9. The Balaban J connectivity index is 1.69. The Bertz CT molecular complexity index is 1070. The van der Waals surface area contributed by atoms with Crippen LogP contribution in [0, 0.1) is 5.92 Å². The number of hydrogen-bond donors (Lipinski definition) is 2. The van der Waals surface area contributed by atoms with E-state index >= 15 is 0 Å². The Kier molecular flexibility index (Phi) is 6.52. The molecule has 0 spiro atoms. The molecular weight excluding hydrogens is 418 g/mol. The standard InChI is InChI=1S/C23H27NO6S/c1-15(2)20(30-14-16-5-4-6-19(13-16)31(3,28)29)21(25)24-23(11-12-23)18-9-7-17(8-10-18)22(26)27/h4-10,13,15,20H,11-12,14H2,1-3H3,(H,24,25)(H,26,27)/t20-/m1/s1. The minimum Gasteiger partial charge on any atom is -0.478 e. The third kappa shape index (κ3) is 5.51. The number of carboxylic acid groups (broad SMARTS) is 1. The van der Waals surface area contributed by atoms with Crippen molar-refractivity contribution in [2.75, 3.05) is 6.26 Å². The van der Waals surface area contributed by atoms with Gasteiger partial charge in [-0.15, -0.1) is 0 Å². The van der Waals surface area contributed by atoms with E-state index in [2.05, 4.69) is 5.32 Å². The van der Waals surface area contributed by atoms with E-state index in [-0.39, 0.29) is 28.9 Å². The second-order valence-electron chi connectivity index (χ2n) is 8.35. The van der Waals surface area contributed by atoms with Crippen LogP contribution < -0.4 is 5.32 Å². The Hall–Kier alpha value is -2.71. The van der Waals surface area contributed by atoms with Gasteiger partial charge in [0.25, 0.3) is 0 Å². The Morgan fingerprint density at radius 2 is 1.77 bits per heavy atom. The van der Waals surface area contributed by atoms with E-state index in [9.17, 15) is 18.0 Å². The fourth-order valence-corrected chi connectivity index (χ4v) is 4.16. The van der Waals surface area contributed by atoms with E-state index < -0.39 is 27.4 Å². The van der Waals surface area contributed by atoms with Crippen LogP contribution in [0.15, 0.2) is 53.4 Å². The molecule has 8 heteroatoms. The molecule has 1 fully saturated rings. The molecule has 0 aromatic heterocycles. The third-order valence-electron chi connectivity index (χ3n) is 5.42. The van der Waals surface area contributed by atoms with E-state index in [1.165, 1.54) is 18.2 Å². The van der Waals surface area contributed by atoms with Gasteiger partial charge in [0, 0.05) is 6.26 Å². The SMILES string of the molecule is CC(C)[C@@H](OCc1cccc(S(C)(=O)=O)c1)C(=O)NC1(c2ccc(C(=O)O)cc2)CC1. The molecule has 1 amide bonds. The molecule has 1 saturated carbocycles. The molecule has 3 rings (SSSR count). The zero-order chi connectivity index (χ0) is 22.8. The van der Waals surface area contributed by atoms with Gasteiger partial charge in [0.1, 0.15) is 6.10 Å². The van der Waals surface area contributed by atoms with Gasteiger partial charge in [-0.3, -0.25) is 4.79 Å². The van der Waals surface area contributed by atoms with Crippen LogP contribution in [0.1, 0.15) is 48.2 Å². The molecule has 2 aromatic carbocycles. The van der Waals surface area contributed by atoms with E-state index in [0.29, 0.717) is 5.56 Å². The molecular formula is C23H27NO6S. The summed E-state index contributed by atoms with van der Waals surface area (Å²) in [5.41, 5.74) is 1.24. The number of aromatic carboxylic acids is 1. The first kappa shape index (κ1) is 23.0. The second kappa shape index (κ2) is 8.80. The van der Waals surface area contributed by atoms with Crippen LogP contribution in [0.3, 0.4) is 0 Å². The number of hydrogen-bond acceptors (Lipinski definition) is 5. The van der Waals surface area contributed by atoms with Gasteiger partial charge >= 0.3 is 5.97 Å². The predicted molar refractivity (Wildman–Crippen MR) is 115 cm³/mol. The van der Waals surface area contributed by atoms with Gasteiger partial charge in [0.15, 0.2) is 9.84 Å². The molecule has 0 unspecified atom stereocenters. The number of ether oxygens (including phenoxy) is 1. The molecule has 0 heterocycles. The van der Waals surface area contributed by atoms with Gasteiger partial charge in [-0.25, -0.2) is 13.2 Å². The number of carbonyl (C=O) groups excluding carboxylic acids is 1. The van der Waals surface area contributed by atoms with Gasteiger partial charge < -0.3 is 15.2 Å². The lowest BCUT2D eigenvalue weighted by Gasteiger charge is -2.25. The number of carbonyl (C=O) groups is 2. The molecule has 2 aromatic rings. The smallest absolute Gasteiger partial charge is 0.335 e. The Morgan fingerprint density at radius 3 is 2.29 bits per heavy atom. The lowest BCUT2D eigenvalue weighted by molar-refractivity contribution is -0.137. The van der Waals surface area contributed by atoms with Crippen molar-refractivity contribution in [1.82, 2.24) is 5.32 Å². The van der Waals surface area contributed by atoms with Crippen molar-refractivity contribution in [3.05, 3.63) is 65.2 Å². The second-order valence-corrected chi connectivity index (χ2v) is 10.4. The van der Waals surface area contributed by atoms with Crippen LogP contribution in [0.25, 0.3) is 0 Å². The van der Waals surface area contributed by atoms with Crippen molar-refractivity contribution in [3.63, 3.8) is 0 Å². The van der Waals surface area contributed by atoms with Crippen molar-refractivity contribution in [3.8, 4) is 0 Å². The zero-order valence-electron chi connectivity index (χ0n) is 17.8. The summed E-state index contributed by atoms with van der Waals surface area (Å²) in [6.45, 7) is 3.89. The first-order chi connectivity index (χ1) is 14.5. The van der Waals surface area contributed by atoms with Crippen LogP contribution in [0.5, 0.6) is 0 Å². The van der Waals surface area contributed by atoms with Crippen LogP contribution >= 0.6 is 0 Å². The first-order valence-corrected chi connectivity index (χ1v) is 12.0. The first-order valence-electron chi connectivity index (χ1n) is 10.1. The molecule has 7 nitrogen and oxygen atoms in total. The molecule has 2 N–H and O–H groups in total. The van der Waals surface area contributed by atoms with Crippen LogP contribution in [0.4, 0.5) is 0 Å². The maximum absolute atomic E-state index is 13.0. The quantitative estimate of drug-likeness (QED) is 0.614. The van der Waals surface area contributed by atoms with Gasteiger partial charge in [-0.1, -0.05) is 38.1 Å². The van der Waals surface area contributed by atoms with Gasteiger partial charge in [0.2, 0.25) is 5.91 Å². The van der Waals surface area contributed by atoms with Gasteiger partial charge in [0.05, 0.1) is 22.6 Å².